The van der Waals surface area contributed by atoms with Crippen molar-refractivity contribution in [2.24, 2.45) is 0 Å². The molecule has 1 amide bonds. The number of carbonyl (C=O) groups is 1. The molecule has 0 aromatic heterocycles. The number of piperazine rings is 1. The fraction of sp³-hybridized carbons (Fsp3) is 0.588. The Labute approximate surface area is 132 Å². The lowest BCUT2D eigenvalue weighted by atomic mass is 10.1. The van der Waals surface area contributed by atoms with Crippen molar-refractivity contribution in [3.63, 3.8) is 0 Å². The lowest BCUT2D eigenvalue weighted by molar-refractivity contribution is -0.118. The van der Waals surface area contributed by atoms with Crippen molar-refractivity contribution >= 4 is 11.6 Å². The second-order valence-electron chi connectivity index (χ2n) is 6.06. The Bertz CT molecular complexity index is 464. The van der Waals surface area contributed by atoms with Crippen LogP contribution in [0.15, 0.2) is 30.3 Å². The van der Waals surface area contributed by atoms with Crippen molar-refractivity contribution in [1.29, 1.82) is 0 Å². The maximum Gasteiger partial charge on any atom is 0.238 e. The summed E-state index contributed by atoms with van der Waals surface area (Å²) in [6.07, 6.45) is 0.728. The van der Waals surface area contributed by atoms with Crippen LogP contribution in [0.1, 0.15) is 20.3 Å². The van der Waals surface area contributed by atoms with E-state index in [1.54, 1.807) is 0 Å². The van der Waals surface area contributed by atoms with Crippen LogP contribution in [0.5, 0.6) is 0 Å². The summed E-state index contributed by atoms with van der Waals surface area (Å²) in [7, 11) is 0. The molecule has 2 atom stereocenters. The van der Waals surface area contributed by atoms with E-state index in [0.717, 1.165) is 31.7 Å². The molecule has 1 saturated heterocycles. The second kappa shape index (κ2) is 8.27. The lowest BCUT2D eigenvalue weighted by Crippen LogP contribution is -2.55. The standard InChI is InChI=1S/C17H27N3O2/c1-3-16-12-19(9-10-20(16)11-14(2)21)13-17(22)18-15-7-5-4-6-8-15/h4-8,14,16,21H,3,9-13H2,1-2H3,(H,18,22)/t14-,16-/m0/s1. The third-order valence-corrected chi connectivity index (χ3v) is 4.08. The van der Waals surface area contributed by atoms with Gasteiger partial charge in [-0.1, -0.05) is 25.1 Å². The highest BCUT2D eigenvalue weighted by atomic mass is 16.3. The van der Waals surface area contributed by atoms with Crippen molar-refractivity contribution < 1.29 is 9.90 Å². The Morgan fingerprint density at radius 2 is 2.09 bits per heavy atom. The van der Waals surface area contributed by atoms with Gasteiger partial charge in [0.15, 0.2) is 0 Å². The van der Waals surface area contributed by atoms with E-state index >= 15 is 0 Å². The first-order chi connectivity index (χ1) is 10.6. The van der Waals surface area contributed by atoms with Gasteiger partial charge in [0.1, 0.15) is 0 Å². The number of hydrogen-bond acceptors (Lipinski definition) is 4. The van der Waals surface area contributed by atoms with Crippen LogP contribution in [0, 0.1) is 0 Å². The Morgan fingerprint density at radius 1 is 1.36 bits per heavy atom. The number of anilines is 1. The number of β-amino-alcohol motifs (C(OH)–C–C–N with tert-alkyl or cyclic N) is 1. The molecule has 0 bridgehead atoms. The van der Waals surface area contributed by atoms with Crippen LogP contribution in [0.4, 0.5) is 5.69 Å². The third-order valence-electron chi connectivity index (χ3n) is 4.08. The minimum Gasteiger partial charge on any atom is -0.392 e. The SMILES string of the molecule is CC[C@H]1CN(CC(=O)Nc2ccccc2)CCN1C[C@H](C)O. The number of benzene rings is 1. The van der Waals surface area contributed by atoms with Gasteiger partial charge in [0.05, 0.1) is 12.6 Å². The molecule has 0 saturated carbocycles. The number of rotatable bonds is 6. The van der Waals surface area contributed by atoms with E-state index in [0.29, 0.717) is 19.1 Å². The topological polar surface area (TPSA) is 55.8 Å². The Balaban J connectivity index is 1.83. The smallest absolute Gasteiger partial charge is 0.238 e. The highest BCUT2D eigenvalue weighted by molar-refractivity contribution is 5.92. The first-order valence-corrected chi connectivity index (χ1v) is 8.08. The average Bonchev–Trinajstić information content (AvgIpc) is 2.49. The third kappa shape index (κ3) is 5.09. The molecular weight excluding hydrogens is 278 g/mol. The van der Waals surface area contributed by atoms with Gasteiger partial charge in [0.25, 0.3) is 0 Å². The monoisotopic (exact) mass is 305 g/mol. The molecule has 0 aliphatic carbocycles. The fourth-order valence-electron chi connectivity index (χ4n) is 2.99. The predicted molar refractivity (Wildman–Crippen MR) is 88.8 cm³/mol. The predicted octanol–water partition coefficient (Wildman–Crippen LogP) is 1.40. The molecular formula is C17H27N3O2. The van der Waals surface area contributed by atoms with Gasteiger partial charge in [0.2, 0.25) is 5.91 Å². The summed E-state index contributed by atoms with van der Waals surface area (Å²) in [6.45, 7) is 7.77. The van der Waals surface area contributed by atoms with Crippen molar-refractivity contribution in [2.45, 2.75) is 32.4 Å². The molecule has 0 unspecified atom stereocenters. The molecule has 2 rings (SSSR count). The van der Waals surface area contributed by atoms with Gasteiger partial charge in [-0.15, -0.1) is 0 Å². The maximum absolute atomic E-state index is 12.1. The van der Waals surface area contributed by atoms with Crippen LogP contribution in [-0.4, -0.2) is 65.7 Å². The summed E-state index contributed by atoms with van der Waals surface area (Å²) in [5.41, 5.74) is 0.840. The van der Waals surface area contributed by atoms with E-state index < -0.39 is 0 Å². The quantitative estimate of drug-likeness (QED) is 0.834. The van der Waals surface area contributed by atoms with Crippen molar-refractivity contribution in [3.8, 4) is 0 Å². The molecule has 1 aliphatic rings. The molecule has 1 aliphatic heterocycles. The average molecular weight is 305 g/mol. The molecule has 1 heterocycles. The van der Waals surface area contributed by atoms with Gasteiger partial charge in [0, 0.05) is 37.9 Å². The van der Waals surface area contributed by atoms with Crippen LogP contribution in [-0.2, 0) is 4.79 Å². The number of aliphatic hydroxyl groups excluding tert-OH is 1. The van der Waals surface area contributed by atoms with Crippen molar-refractivity contribution in [3.05, 3.63) is 30.3 Å². The molecule has 5 heteroatoms. The van der Waals surface area contributed by atoms with E-state index in [1.165, 1.54) is 0 Å². The first kappa shape index (κ1) is 16.9. The summed E-state index contributed by atoms with van der Waals surface area (Å²) in [5, 5.41) is 12.5. The molecule has 2 N–H and O–H groups in total. The normalized spacial score (nSPS) is 21.5. The molecule has 22 heavy (non-hydrogen) atoms. The summed E-state index contributed by atoms with van der Waals surface area (Å²) in [6, 6.07) is 9.96. The summed E-state index contributed by atoms with van der Waals surface area (Å²) in [5.74, 6) is 0.0324. The zero-order chi connectivity index (χ0) is 15.9. The fourth-order valence-corrected chi connectivity index (χ4v) is 2.99. The maximum atomic E-state index is 12.1. The molecule has 0 radical (unpaired) electrons. The molecule has 1 aromatic rings. The summed E-state index contributed by atoms with van der Waals surface area (Å²) < 4.78 is 0. The molecule has 122 valence electrons. The van der Waals surface area contributed by atoms with Crippen molar-refractivity contribution in [1.82, 2.24) is 9.80 Å². The number of para-hydroxylation sites is 1. The molecule has 0 spiro atoms. The molecule has 5 nitrogen and oxygen atoms in total. The first-order valence-electron chi connectivity index (χ1n) is 8.08. The number of aliphatic hydroxyl groups is 1. The van der Waals surface area contributed by atoms with Gasteiger partial charge in [-0.05, 0) is 25.5 Å². The van der Waals surface area contributed by atoms with Gasteiger partial charge in [-0.2, -0.15) is 0 Å². The number of nitrogens with zero attached hydrogens (tertiary/aromatic N) is 2. The van der Waals surface area contributed by atoms with E-state index in [9.17, 15) is 9.90 Å². The van der Waals surface area contributed by atoms with Gasteiger partial charge < -0.3 is 10.4 Å². The van der Waals surface area contributed by atoms with E-state index in [1.807, 2.05) is 37.3 Å². The summed E-state index contributed by atoms with van der Waals surface area (Å²) in [4.78, 5) is 16.7. The molecule has 1 fully saturated rings. The number of hydrogen-bond donors (Lipinski definition) is 2. The number of nitrogens with one attached hydrogen (secondary N) is 1. The van der Waals surface area contributed by atoms with E-state index in [-0.39, 0.29) is 12.0 Å². The Hall–Kier alpha value is -1.43. The minimum atomic E-state index is -0.304. The van der Waals surface area contributed by atoms with Crippen LogP contribution in [0.2, 0.25) is 0 Å². The van der Waals surface area contributed by atoms with Crippen LogP contribution in [0.3, 0.4) is 0 Å². The van der Waals surface area contributed by atoms with E-state index in [2.05, 4.69) is 22.0 Å². The molecule has 1 aromatic carbocycles. The largest absolute Gasteiger partial charge is 0.392 e. The minimum absolute atomic E-state index is 0.0324. The van der Waals surface area contributed by atoms with Gasteiger partial charge in [-0.25, -0.2) is 0 Å². The number of carbonyl (C=O) groups excluding carboxylic acids is 1. The highest BCUT2D eigenvalue weighted by Gasteiger charge is 2.27. The van der Waals surface area contributed by atoms with Gasteiger partial charge in [-0.3, -0.25) is 14.6 Å². The second-order valence-corrected chi connectivity index (χ2v) is 6.06. The van der Waals surface area contributed by atoms with Gasteiger partial charge >= 0.3 is 0 Å². The van der Waals surface area contributed by atoms with Crippen LogP contribution >= 0.6 is 0 Å². The van der Waals surface area contributed by atoms with Crippen LogP contribution < -0.4 is 5.32 Å². The lowest BCUT2D eigenvalue weighted by Gasteiger charge is -2.41. The summed E-state index contributed by atoms with van der Waals surface area (Å²) >= 11 is 0. The zero-order valence-electron chi connectivity index (χ0n) is 13.5. The zero-order valence-corrected chi connectivity index (χ0v) is 13.5. The van der Waals surface area contributed by atoms with E-state index in [4.69, 9.17) is 0 Å². The number of amides is 1. The van der Waals surface area contributed by atoms with Crippen LogP contribution in [0.25, 0.3) is 0 Å². The van der Waals surface area contributed by atoms with Crippen molar-refractivity contribution in [2.75, 3.05) is 38.0 Å². The Kier molecular flexibility index (Phi) is 6.36. The Morgan fingerprint density at radius 3 is 2.73 bits per heavy atom. The highest BCUT2D eigenvalue weighted by Crippen LogP contribution is 2.13.